The molecule has 29 heavy (non-hydrogen) atoms. The van der Waals surface area contributed by atoms with Gasteiger partial charge in [0.2, 0.25) is 0 Å². The summed E-state index contributed by atoms with van der Waals surface area (Å²) in [5.74, 6) is 0. The van der Waals surface area contributed by atoms with E-state index in [4.69, 9.17) is 16.3 Å². The van der Waals surface area contributed by atoms with Crippen LogP contribution in [0, 0.1) is 0 Å². The summed E-state index contributed by atoms with van der Waals surface area (Å²) in [6.07, 6.45) is 4.36. The molecule has 0 amide bonds. The van der Waals surface area contributed by atoms with E-state index in [2.05, 4.69) is 42.5 Å². The third kappa shape index (κ3) is 6.31. The average Bonchev–Trinajstić information content (AvgIpc) is 3.15. The minimum atomic E-state index is 0.262. The summed E-state index contributed by atoms with van der Waals surface area (Å²) in [4.78, 5) is 2.47. The minimum absolute atomic E-state index is 0.262. The molecule has 1 atom stereocenters. The van der Waals surface area contributed by atoms with Crippen molar-refractivity contribution in [1.82, 2.24) is 10.3 Å². The molecule has 0 saturated carbocycles. The molecule has 0 aromatic heterocycles. The van der Waals surface area contributed by atoms with E-state index in [-0.39, 0.29) is 6.04 Å². The van der Waals surface area contributed by atoms with Crippen LogP contribution in [-0.2, 0) is 11.3 Å². The van der Waals surface area contributed by atoms with Crippen LogP contribution in [0.15, 0.2) is 66.4 Å². The Hall–Kier alpha value is -1.85. The Kier molecular flexibility index (Phi) is 8.56. The van der Waals surface area contributed by atoms with Crippen LogP contribution >= 0.6 is 11.6 Å². The Morgan fingerprint density at radius 3 is 2.45 bits per heavy atom. The maximum atomic E-state index is 6.42. The maximum Gasteiger partial charge on any atom is 0.0757 e. The first-order valence-electron chi connectivity index (χ1n) is 10.6. The molecule has 1 N–H and O–H groups in total. The monoisotopic (exact) mass is 413 g/mol. The summed E-state index contributed by atoms with van der Waals surface area (Å²) >= 11 is 6.42. The molecule has 1 aliphatic heterocycles. The molecule has 2 aromatic carbocycles. The highest BCUT2D eigenvalue weighted by Gasteiger charge is 2.25. The van der Waals surface area contributed by atoms with Gasteiger partial charge in [0.25, 0.3) is 0 Å². The van der Waals surface area contributed by atoms with E-state index in [1.54, 1.807) is 0 Å². The van der Waals surface area contributed by atoms with Crippen LogP contribution in [0.3, 0.4) is 0 Å². The van der Waals surface area contributed by atoms with Gasteiger partial charge >= 0.3 is 0 Å². The average molecular weight is 414 g/mol. The van der Waals surface area contributed by atoms with E-state index in [1.807, 2.05) is 47.5 Å². The topological polar surface area (TPSA) is 27.7 Å². The van der Waals surface area contributed by atoms with E-state index < -0.39 is 0 Å². The molecule has 0 bridgehead atoms. The van der Waals surface area contributed by atoms with Crippen LogP contribution in [0.25, 0.3) is 0 Å². The number of hydrogen-bond acceptors (Lipinski definition) is 4. The van der Waals surface area contributed by atoms with E-state index in [9.17, 15) is 0 Å². The highest BCUT2D eigenvalue weighted by Crippen LogP contribution is 2.29. The third-order valence-corrected chi connectivity index (χ3v) is 5.71. The Morgan fingerprint density at radius 2 is 1.72 bits per heavy atom. The van der Waals surface area contributed by atoms with E-state index >= 15 is 0 Å². The number of para-hydroxylation sites is 1. The highest BCUT2D eigenvalue weighted by molar-refractivity contribution is 6.33. The van der Waals surface area contributed by atoms with E-state index in [0.29, 0.717) is 13.2 Å². The lowest BCUT2D eigenvalue weighted by Crippen LogP contribution is -2.37. The lowest BCUT2D eigenvalue weighted by atomic mass is 10.1. The van der Waals surface area contributed by atoms with Gasteiger partial charge < -0.3 is 9.64 Å². The number of anilines is 1. The van der Waals surface area contributed by atoms with Crippen molar-refractivity contribution in [2.75, 3.05) is 31.3 Å². The van der Waals surface area contributed by atoms with Crippen LogP contribution in [0.2, 0.25) is 5.02 Å². The minimum Gasteiger partial charge on any atom is -0.372 e. The zero-order valence-corrected chi connectivity index (χ0v) is 18.2. The zero-order valence-electron chi connectivity index (χ0n) is 17.5. The molecule has 2 aromatic rings. The first-order chi connectivity index (χ1) is 14.2. The standard InChI is InChI=1S/C24H32ClN3O/c1-3-27(4-2)16-10-14-23-21(19-29-18-20-11-6-5-7-12-20)17-28(26-23)24-15-9-8-13-22(24)25/h5-9,11-13,15,17,23,26H,3-4,10,14,16,18-19H2,1-2H3. The summed E-state index contributed by atoms with van der Waals surface area (Å²) < 4.78 is 6.04. The summed E-state index contributed by atoms with van der Waals surface area (Å²) in [6.45, 7) is 9.00. The second-order valence-corrected chi connectivity index (χ2v) is 7.76. The van der Waals surface area contributed by atoms with Gasteiger partial charge in [-0.05, 0) is 55.7 Å². The Bertz CT molecular complexity index is 777. The van der Waals surface area contributed by atoms with Gasteiger partial charge in [0, 0.05) is 6.20 Å². The molecule has 0 fully saturated rings. The van der Waals surface area contributed by atoms with Gasteiger partial charge in [0.05, 0.1) is 30.0 Å². The van der Waals surface area contributed by atoms with Gasteiger partial charge in [-0.3, -0.25) is 5.01 Å². The molecule has 5 heteroatoms. The Labute approximate surface area is 180 Å². The van der Waals surface area contributed by atoms with Gasteiger partial charge in [-0.1, -0.05) is 67.9 Å². The van der Waals surface area contributed by atoms with Gasteiger partial charge in [-0.2, -0.15) is 0 Å². The third-order valence-electron chi connectivity index (χ3n) is 5.39. The molecule has 3 rings (SSSR count). The number of nitrogens with one attached hydrogen (secondary N) is 1. The SMILES string of the molecule is CCN(CC)CCCC1NN(c2ccccc2Cl)C=C1COCc1ccccc1. The smallest absolute Gasteiger partial charge is 0.0757 e. The number of halogens is 1. The van der Waals surface area contributed by atoms with Gasteiger partial charge in [-0.15, -0.1) is 0 Å². The van der Waals surface area contributed by atoms with Crippen LogP contribution in [-0.4, -0.2) is 37.2 Å². The van der Waals surface area contributed by atoms with Crippen molar-refractivity contribution < 1.29 is 4.74 Å². The lowest BCUT2D eigenvalue weighted by molar-refractivity contribution is 0.138. The summed E-state index contributed by atoms with van der Waals surface area (Å²) in [7, 11) is 0. The molecule has 4 nitrogen and oxygen atoms in total. The van der Waals surface area contributed by atoms with Crippen molar-refractivity contribution >= 4 is 17.3 Å². The summed E-state index contributed by atoms with van der Waals surface area (Å²) in [5.41, 5.74) is 7.05. The van der Waals surface area contributed by atoms with Crippen molar-refractivity contribution in [2.24, 2.45) is 0 Å². The van der Waals surface area contributed by atoms with Crippen molar-refractivity contribution in [2.45, 2.75) is 39.3 Å². The van der Waals surface area contributed by atoms with Crippen LogP contribution in [0.4, 0.5) is 5.69 Å². The number of ether oxygens (including phenoxy) is 1. The Balaban J connectivity index is 1.63. The van der Waals surface area contributed by atoms with Crippen LogP contribution in [0.5, 0.6) is 0 Å². The van der Waals surface area contributed by atoms with E-state index in [0.717, 1.165) is 43.2 Å². The van der Waals surface area contributed by atoms with Gasteiger partial charge in [-0.25, -0.2) is 5.43 Å². The predicted octanol–water partition coefficient (Wildman–Crippen LogP) is 5.26. The highest BCUT2D eigenvalue weighted by atomic mass is 35.5. The Morgan fingerprint density at radius 1 is 1.00 bits per heavy atom. The molecule has 1 aliphatic rings. The van der Waals surface area contributed by atoms with Crippen molar-refractivity contribution in [1.29, 1.82) is 0 Å². The molecular formula is C24H32ClN3O. The summed E-state index contributed by atoms with van der Waals surface area (Å²) in [6, 6.07) is 18.5. The number of nitrogens with zero attached hydrogens (tertiary/aromatic N) is 2. The van der Waals surface area contributed by atoms with E-state index in [1.165, 1.54) is 11.1 Å². The quantitative estimate of drug-likeness (QED) is 0.544. The maximum absolute atomic E-state index is 6.42. The molecule has 1 unspecified atom stereocenters. The second-order valence-electron chi connectivity index (χ2n) is 7.35. The van der Waals surface area contributed by atoms with Gasteiger partial charge in [0.1, 0.15) is 0 Å². The number of rotatable bonds is 11. The first kappa shape index (κ1) is 21.8. The molecule has 0 saturated heterocycles. The largest absolute Gasteiger partial charge is 0.372 e. The number of hydrazine groups is 1. The second kappa shape index (κ2) is 11.4. The van der Waals surface area contributed by atoms with Crippen molar-refractivity contribution in [3.05, 3.63) is 77.0 Å². The molecule has 1 heterocycles. The fourth-order valence-corrected chi connectivity index (χ4v) is 3.86. The number of benzene rings is 2. The first-order valence-corrected chi connectivity index (χ1v) is 10.9. The van der Waals surface area contributed by atoms with Crippen molar-refractivity contribution in [3.63, 3.8) is 0 Å². The van der Waals surface area contributed by atoms with Crippen LogP contribution < -0.4 is 10.4 Å². The van der Waals surface area contributed by atoms with Crippen molar-refractivity contribution in [3.8, 4) is 0 Å². The molecule has 0 radical (unpaired) electrons. The normalized spacial score (nSPS) is 16.5. The molecule has 156 valence electrons. The summed E-state index contributed by atoms with van der Waals surface area (Å²) in [5, 5.41) is 2.79. The predicted molar refractivity (Wildman–Crippen MR) is 122 cm³/mol. The number of hydrogen-bond donors (Lipinski definition) is 1. The molecule has 0 spiro atoms. The van der Waals surface area contributed by atoms with Gasteiger partial charge in [0.15, 0.2) is 0 Å². The lowest BCUT2D eigenvalue weighted by Gasteiger charge is -2.23. The molecular weight excluding hydrogens is 382 g/mol. The fourth-order valence-electron chi connectivity index (χ4n) is 3.64. The van der Waals surface area contributed by atoms with Crippen LogP contribution in [0.1, 0.15) is 32.3 Å². The molecule has 0 aliphatic carbocycles. The zero-order chi connectivity index (χ0) is 20.5. The fraction of sp³-hybridized carbons (Fsp3) is 0.417.